The van der Waals surface area contributed by atoms with E-state index in [9.17, 15) is 9.59 Å². The van der Waals surface area contributed by atoms with E-state index in [-0.39, 0.29) is 5.92 Å². The highest BCUT2D eigenvalue weighted by molar-refractivity contribution is 9.10. The lowest BCUT2D eigenvalue weighted by molar-refractivity contribution is -0.134. The zero-order valence-electron chi connectivity index (χ0n) is 26.9. The summed E-state index contributed by atoms with van der Waals surface area (Å²) in [5.74, 6) is 1.47. The van der Waals surface area contributed by atoms with Crippen LogP contribution < -0.4 is 0 Å². The number of halogens is 2. The molecular weight excluding hydrogens is 672 g/mol. The van der Waals surface area contributed by atoms with Crippen LogP contribution in [-0.2, 0) is 27.3 Å². The smallest absolute Gasteiger partial charge is 0.222 e. The largest absolute Gasteiger partial charge is 0.343 e. The molecule has 5 rings (SSSR count). The number of hydrogen-bond donors (Lipinski definition) is 0. The minimum atomic E-state index is 0.250. The molecule has 9 heteroatoms. The van der Waals surface area contributed by atoms with Crippen molar-refractivity contribution in [2.24, 2.45) is 11.8 Å². The van der Waals surface area contributed by atoms with Crippen LogP contribution in [0.2, 0.25) is 0 Å². The van der Waals surface area contributed by atoms with Gasteiger partial charge in [-0.25, -0.2) is 0 Å². The van der Waals surface area contributed by atoms with E-state index in [1.807, 2.05) is 34.1 Å². The number of aryl methyl sites for hydroxylation is 3. The summed E-state index contributed by atoms with van der Waals surface area (Å²) in [6.45, 7) is 10.2. The summed E-state index contributed by atoms with van der Waals surface area (Å²) in [5, 5.41) is 1.62. The Morgan fingerprint density at radius 2 is 1.65 bits per heavy atom. The maximum atomic E-state index is 13.2. The lowest BCUT2D eigenvalue weighted by Gasteiger charge is -2.38. The number of hydrogen-bond acceptors (Lipinski definition) is 6. The maximum absolute atomic E-state index is 13.2. The minimum absolute atomic E-state index is 0.250. The van der Waals surface area contributed by atoms with Gasteiger partial charge in [0.15, 0.2) is 0 Å². The molecule has 0 radical (unpaired) electrons. The van der Waals surface area contributed by atoms with Crippen molar-refractivity contribution in [3.8, 4) is 0 Å². The molecule has 238 valence electrons. The van der Waals surface area contributed by atoms with Gasteiger partial charge >= 0.3 is 0 Å². The van der Waals surface area contributed by atoms with Crippen LogP contribution in [0.15, 0.2) is 33.3 Å². The Morgan fingerprint density at radius 1 is 1.02 bits per heavy atom. The van der Waals surface area contributed by atoms with E-state index in [0.29, 0.717) is 30.7 Å². The molecule has 1 aromatic heterocycles. The number of benzene rings is 1. The van der Waals surface area contributed by atoms with Crippen molar-refractivity contribution in [3.05, 3.63) is 61.3 Å². The second kappa shape index (κ2) is 17.7. The summed E-state index contributed by atoms with van der Waals surface area (Å²) in [5.41, 5.74) is 6.68. The third kappa shape index (κ3) is 9.92. The highest BCUT2D eigenvalue weighted by Gasteiger charge is 2.36. The SMILES string of the molecule is CC.CON(C)C.Cc1cc(Br)c2c(c1)CCc1cc(Br)cnc1C2C1CCN(C(=O)CC2CCN(CC=O)CC2)CC1. The average Bonchev–Trinajstić information content (AvgIpc) is 3.16. The number of hydroxylamine groups is 2. The van der Waals surface area contributed by atoms with Crippen LogP contribution >= 0.6 is 31.9 Å². The third-order valence-electron chi connectivity index (χ3n) is 8.83. The van der Waals surface area contributed by atoms with Gasteiger partial charge in [0.1, 0.15) is 6.29 Å². The molecule has 43 heavy (non-hydrogen) atoms. The summed E-state index contributed by atoms with van der Waals surface area (Å²) in [7, 11) is 5.29. The van der Waals surface area contributed by atoms with E-state index >= 15 is 0 Å². The van der Waals surface area contributed by atoms with Gasteiger partial charge in [-0.3, -0.25) is 14.7 Å². The molecule has 2 aliphatic heterocycles. The number of pyridine rings is 1. The number of amides is 1. The second-order valence-corrected chi connectivity index (χ2v) is 13.6. The van der Waals surface area contributed by atoms with Gasteiger partial charge in [-0.05, 0) is 121 Å². The van der Waals surface area contributed by atoms with Gasteiger partial charge < -0.3 is 14.5 Å². The van der Waals surface area contributed by atoms with Crippen molar-refractivity contribution in [2.75, 3.05) is 53.9 Å². The predicted molar refractivity (Wildman–Crippen MR) is 181 cm³/mol. The molecule has 1 unspecified atom stereocenters. The van der Waals surface area contributed by atoms with Gasteiger partial charge in [0, 0.05) is 54.7 Å². The summed E-state index contributed by atoms with van der Waals surface area (Å²) in [6, 6.07) is 6.85. The predicted octanol–water partition coefficient (Wildman–Crippen LogP) is 6.82. The highest BCUT2D eigenvalue weighted by atomic mass is 79.9. The Kier molecular flexibility index (Phi) is 14.8. The number of fused-ring (bicyclic) bond motifs is 2. The summed E-state index contributed by atoms with van der Waals surface area (Å²) < 4.78 is 2.23. The van der Waals surface area contributed by atoms with E-state index < -0.39 is 0 Å². The zero-order valence-corrected chi connectivity index (χ0v) is 30.0. The first kappa shape index (κ1) is 35.8. The van der Waals surface area contributed by atoms with Crippen LogP contribution in [-0.4, -0.2) is 86.0 Å². The van der Waals surface area contributed by atoms with E-state index in [1.54, 1.807) is 12.2 Å². The van der Waals surface area contributed by atoms with Gasteiger partial charge in [0.25, 0.3) is 0 Å². The van der Waals surface area contributed by atoms with E-state index in [4.69, 9.17) is 4.98 Å². The molecule has 1 aromatic carbocycles. The van der Waals surface area contributed by atoms with Crippen LogP contribution in [0.3, 0.4) is 0 Å². The molecule has 0 N–H and O–H groups in total. The lowest BCUT2D eigenvalue weighted by Crippen LogP contribution is -2.42. The van der Waals surface area contributed by atoms with Crippen LogP contribution in [0.5, 0.6) is 0 Å². The van der Waals surface area contributed by atoms with E-state index in [0.717, 1.165) is 75.5 Å². The Bertz CT molecular complexity index is 1190. The van der Waals surface area contributed by atoms with Crippen molar-refractivity contribution in [1.82, 2.24) is 19.8 Å². The second-order valence-electron chi connectivity index (χ2n) is 11.8. The number of carbonyl (C=O) groups excluding carboxylic acids is 2. The normalized spacial score (nSPS) is 19.3. The fraction of sp³-hybridized carbons (Fsp3) is 0.618. The molecule has 2 aromatic rings. The standard InChI is InChI=1S/C29H35Br2N3O2.C3H9NO.C2H6/c1-19-14-22-2-3-23-17-24(30)18-32-29(23)28(27(22)25(31)15-19)21-6-10-34(11-7-21)26(36)16-20-4-8-33(9-5-20)12-13-35;1-4(2)5-3;1-2/h13-15,17-18,20-21,28H,2-12,16H2,1H3;1-3H3;1-2H3. The van der Waals surface area contributed by atoms with Gasteiger partial charge in [0.2, 0.25) is 5.91 Å². The molecule has 0 saturated carbocycles. The van der Waals surface area contributed by atoms with Crippen LogP contribution in [0.1, 0.15) is 79.8 Å². The zero-order chi connectivity index (χ0) is 31.5. The maximum Gasteiger partial charge on any atom is 0.222 e. The molecule has 1 amide bonds. The number of aldehydes is 1. The monoisotopic (exact) mass is 720 g/mol. The van der Waals surface area contributed by atoms with Crippen molar-refractivity contribution in [3.63, 3.8) is 0 Å². The first-order valence-electron chi connectivity index (χ1n) is 15.8. The number of aromatic nitrogens is 1. The molecule has 3 heterocycles. The van der Waals surface area contributed by atoms with Crippen LogP contribution in [0.25, 0.3) is 0 Å². The highest BCUT2D eigenvalue weighted by Crippen LogP contribution is 2.45. The molecule has 1 aliphatic carbocycles. The topological polar surface area (TPSA) is 66.0 Å². The summed E-state index contributed by atoms with van der Waals surface area (Å²) in [6.07, 6.45) is 9.64. The quantitative estimate of drug-likeness (QED) is 0.241. The van der Waals surface area contributed by atoms with Crippen molar-refractivity contribution in [2.45, 2.75) is 71.6 Å². The average molecular weight is 723 g/mol. The number of nitrogens with zero attached hydrogens (tertiary/aromatic N) is 4. The molecule has 7 nitrogen and oxygen atoms in total. The molecule has 0 spiro atoms. The molecule has 2 saturated heterocycles. The number of likely N-dealkylation sites (tertiary alicyclic amines) is 2. The first-order chi connectivity index (χ1) is 20.7. The molecular formula is C34H50Br2N4O3. The lowest BCUT2D eigenvalue weighted by atomic mass is 9.76. The number of rotatable bonds is 6. The van der Waals surface area contributed by atoms with Gasteiger partial charge in [0.05, 0.1) is 19.3 Å². The van der Waals surface area contributed by atoms with Gasteiger partial charge in [-0.2, -0.15) is 5.06 Å². The Labute approximate surface area is 276 Å². The van der Waals surface area contributed by atoms with Crippen LogP contribution in [0.4, 0.5) is 0 Å². The van der Waals surface area contributed by atoms with Crippen LogP contribution in [0, 0.1) is 18.8 Å². The Morgan fingerprint density at radius 3 is 2.26 bits per heavy atom. The minimum Gasteiger partial charge on any atom is -0.343 e. The van der Waals surface area contributed by atoms with Crippen molar-refractivity contribution >= 4 is 44.1 Å². The van der Waals surface area contributed by atoms with Gasteiger partial charge in [-0.1, -0.05) is 35.8 Å². The van der Waals surface area contributed by atoms with E-state index in [1.165, 1.54) is 32.4 Å². The van der Waals surface area contributed by atoms with Crippen molar-refractivity contribution < 1.29 is 14.4 Å². The van der Waals surface area contributed by atoms with E-state index in [2.05, 4.69) is 71.6 Å². The van der Waals surface area contributed by atoms with Gasteiger partial charge in [-0.15, -0.1) is 0 Å². The Balaban J connectivity index is 0.000000657. The Hall–Kier alpha value is -1.65. The van der Waals surface area contributed by atoms with Crippen molar-refractivity contribution in [1.29, 1.82) is 0 Å². The molecule has 1 atom stereocenters. The fourth-order valence-corrected chi connectivity index (χ4v) is 7.80. The molecule has 2 fully saturated rings. The number of piperidine rings is 2. The first-order valence-corrected chi connectivity index (χ1v) is 17.4. The summed E-state index contributed by atoms with van der Waals surface area (Å²) >= 11 is 7.56. The third-order valence-corrected chi connectivity index (χ3v) is 9.92. The fourth-order valence-electron chi connectivity index (χ4n) is 6.55. The molecule has 0 bridgehead atoms. The molecule has 3 aliphatic rings. The summed E-state index contributed by atoms with van der Waals surface area (Å²) in [4.78, 5) is 37.8. The number of carbonyl (C=O) groups is 2.